The summed E-state index contributed by atoms with van der Waals surface area (Å²) in [6.07, 6.45) is -0.602. The Labute approximate surface area is 130 Å². The van der Waals surface area contributed by atoms with Gasteiger partial charge in [0.05, 0.1) is 6.04 Å². The summed E-state index contributed by atoms with van der Waals surface area (Å²) in [6.45, 7) is 9.03. The molecule has 5 nitrogen and oxygen atoms in total. The molecule has 0 fully saturated rings. The number of ether oxygens (including phenoxy) is 1. The molecule has 0 saturated heterocycles. The molecule has 22 heavy (non-hydrogen) atoms. The highest BCUT2D eigenvalue weighted by Gasteiger charge is 2.26. The van der Waals surface area contributed by atoms with Crippen LogP contribution in [0.2, 0.25) is 0 Å². The van der Waals surface area contributed by atoms with Crippen molar-refractivity contribution in [3.63, 3.8) is 0 Å². The molecule has 2 N–H and O–H groups in total. The van der Waals surface area contributed by atoms with E-state index in [4.69, 9.17) is 4.74 Å². The molecular formula is C16H23FN2O3. The molecule has 122 valence electrons. The van der Waals surface area contributed by atoms with Crippen LogP contribution in [0.15, 0.2) is 29.4 Å². The first kappa shape index (κ1) is 17.9. The van der Waals surface area contributed by atoms with E-state index >= 15 is 0 Å². The molecule has 0 bridgehead atoms. The van der Waals surface area contributed by atoms with Crippen LogP contribution < -0.4 is 5.32 Å². The minimum atomic E-state index is -0.627. The maximum absolute atomic E-state index is 13.0. The Morgan fingerprint density at radius 3 is 2.23 bits per heavy atom. The van der Waals surface area contributed by atoms with E-state index in [1.807, 2.05) is 13.8 Å². The van der Waals surface area contributed by atoms with Crippen LogP contribution >= 0.6 is 0 Å². The molecule has 0 aromatic heterocycles. The molecule has 1 aromatic carbocycles. The van der Waals surface area contributed by atoms with Gasteiger partial charge in [0.2, 0.25) is 0 Å². The van der Waals surface area contributed by atoms with Gasteiger partial charge in [0.15, 0.2) is 0 Å². The molecule has 0 heterocycles. The minimum absolute atomic E-state index is 0.0523. The van der Waals surface area contributed by atoms with Crippen LogP contribution in [-0.2, 0) is 4.74 Å². The van der Waals surface area contributed by atoms with E-state index in [1.165, 1.54) is 24.3 Å². The molecule has 0 spiro atoms. The number of amides is 1. The number of carbonyl (C=O) groups is 1. The summed E-state index contributed by atoms with van der Waals surface area (Å²) in [6, 6.07) is 4.97. The highest BCUT2D eigenvalue weighted by molar-refractivity contribution is 6.05. The van der Waals surface area contributed by atoms with Crippen molar-refractivity contribution in [2.45, 2.75) is 46.3 Å². The zero-order valence-electron chi connectivity index (χ0n) is 13.6. The molecule has 1 amide bonds. The number of halogens is 1. The molecule has 0 unspecified atom stereocenters. The Kier molecular flexibility index (Phi) is 5.91. The summed E-state index contributed by atoms with van der Waals surface area (Å²) in [7, 11) is 0. The fourth-order valence-corrected chi connectivity index (χ4v) is 1.91. The first-order valence-corrected chi connectivity index (χ1v) is 7.11. The number of benzene rings is 1. The first-order chi connectivity index (χ1) is 10.1. The highest BCUT2D eigenvalue weighted by Crippen LogP contribution is 2.14. The van der Waals surface area contributed by atoms with Crippen molar-refractivity contribution in [3.8, 4) is 0 Å². The van der Waals surface area contributed by atoms with Crippen LogP contribution in [-0.4, -0.2) is 28.7 Å². The number of carbonyl (C=O) groups excluding carboxylic acids is 1. The summed E-state index contributed by atoms with van der Waals surface area (Å²) < 4.78 is 18.2. The second-order valence-electron chi connectivity index (χ2n) is 6.36. The number of rotatable bonds is 4. The van der Waals surface area contributed by atoms with Gasteiger partial charge >= 0.3 is 6.09 Å². The van der Waals surface area contributed by atoms with Crippen LogP contribution in [0.25, 0.3) is 0 Å². The van der Waals surface area contributed by atoms with Crippen LogP contribution in [0.5, 0.6) is 0 Å². The van der Waals surface area contributed by atoms with Gasteiger partial charge in [-0.1, -0.05) is 31.1 Å². The van der Waals surface area contributed by atoms with Gasteiger partial charge in [-0.25, -0.2) is 9.18 Å². The molecule has 1 atom stereocenters. The van der Waals surface area contributed by atoms with Crippen LogP contribution in [0, 0.1) is 11.7 Å². The van der Waals surface area contributed by atoms with E-state index in [9.17, 15) is 14.4 Å². The zero-order valence-corrected chi connectivity index (χ0v) is 13.6. The van der Waals surface area contributed by atoms with Crippen molar-refractivity contribution in [2.75, 3.05) is 0 Å². The fraction of sp³-hybridized carbons (Fsp3) is 0.500. The lowest BCUT2D eigenvalue weighted by molar-refractivity contribution is 0.0508. The number of oxime groups is 1. The van der Waals surface area contributed by atoms with Crippen molar-refractivity contribution in [1.29, 1.82) is 0 Å². The van der Waals surface area contributed by atoms with E-state index in [0.717, 1.165) is 0 Å². The zero-order chi connectivity index (χ0) is 16.9. The average Bonchev–Trinajstić information content (AvgIpc) is 2.38. The van der Waals surface area contributed by atoms with E-state index in [1.54, 1.807) is 20.8 Å². The number of hydrogen-bond donors (Lipinski definition) is 2. The molecule has 0 saturated carbocycles. The summed E-state index contributed by atoms with van der Waals surface area (Å²) in [4.78, 5) is 11.9. The van der Waals surface area contributed by atoms with Crippen LogP contribution in [0.4, 0.5) is 9.18 Å². The summed E-state index contributed by atoms with van der Waals surface area (Å²) in [5.41, 5.74) is 0.150. The number of hydrogen-bond acceptors (Lipinski definition) is 4. The van der Waals surface area contributed by atoms with Gasteiger partial charge in [-0.05, 0) is 38.8 Å². The average molecular weight is 310 g/mol. The van der Waals surface area contributed by atoms with Crippen molar-refractivity contribution < 1.29 is 19.1 Å². The Morgan fingerprint density at radius 1 is 1.27 bits per heavy atom. The first-order valence-electron chi connectivity index (χ1n) is 7.11. The van der Waals surface area contributed by atoms with Crippen molar-refractivity contribution in [2.24, 2.45) is 11.1 Å². The number of nitrogens with zero attached hydrogens (tertiary/aromatic N) is 1. The standard InChI is InChI=1S/C16H23FN2O3/c1-10(2)13(18-15(20)22-16(3,4)5)14(19-21)11-6-8-12(17)9-7-11/h6-10,13,21H,1-5H3,(H,18,20)/b19-14+/t13-/m0/s1. The van der Waals surface area contributed by atoms with E-state index in [0.29, 0.717) is 5.56 Å². The van der Waals surface area contributed by atoms with E-state index in [-0.39, 0.29) is 17.4 Å². The second kappa shape index (κ2) is 7.24. The van der Waals surface area contributed by atoms with Gasteiger partial charge in [-0.3, -0.25) is 0 Å². The van der Waals surface area contributed by atoms with Gasteiger partial charge in [0, 0.05) is 5.56 Å². The predicted molar refractivity (Wildman–Crippen MR) is 82.7 cm³/mol. The normalized spacial score (nSPS) is 13.9. The molecule has 0 aliphatic heterocycles. The van der Waals surface area contributed by atoms with Gasteiger partial charge in [-0.2, -0.15) is 0 Å². The smallest absolute Gasteiger partial charge is 0.408 e. The lowest BCUT2D eigenvalue weighted by Gasteiger charge is -2.26. The molecular weight excluding hydrogens is 287 g/mol. The maximum atomic E-state index is 13.0. The third kappa shape index (κ3) is 5.35. The lowest BCUT2D eigenvalue weighted by Crippen LogP contribution is -2.46. The van der Waals surface area contributed by atoms with Crippen molar-refractivity contribution in [1.82, 2.24) is 5.32 Å². The van der Waals surface area contributed by atoms with Crippen LogP contribution in [0.3, 0.4) is 0 Å². The molecule has 0 radical (unpaired) electrons. The summed E-state index contributed by atoms with van der Waals surface area (Å²) in [5.74, 6) is -0.439. The summed E-state index contributed by atoms with van der Waals surface area (Å²) in [5, 5.41) is 15.3. The molecule has 0 aliphatic rings. The monoisotopic (exact) mass is 310 g/mol. The fourth-order valence-electron chi connectivity index (χ4n) is 1.91. The highest BCUT2D eigenvalue weighted by atomic mass is 19.1. The molecule has 1 rings (SSSR count). The Hall–Kier alpha value is -2.11. The van der Waals surface area contributed by atoms with Crippen molar-refractivity contribution >= 4 is 11.8 Å². The maximum Gasteiger partial charge on any atom is 0.408 e. The quantitative estimate of drug-likeness (QED) is 0.507. The predicted octanol–water partition coefficient (Wildman–Crippen LogP) is 3.55. The van der Waals surface area contributed by atoms with Crippen LogP contribution in [0.1, 0.15) is 40.2 Å². The van der Waals surface area contributed by atoms with E-state index < -0.39 is 17.7 Å². The SMILES string of the molecule is CC(C)[C@H](NC(=O)OC(C)(C)C)/C(=N/O)c1ccc(F)cc1. The molecule has 6 heteroatoms. The van der Waals surface area contributed by atoms with E-state index in [2.05, 4.69) is 10.5 Å². The van der Waals surface area contributed by atoms with Crippen molar-refractivity contribution in [3.05, 3.63) is 35.6 Å². The van der Waals surface area contributed by atoms with Gasteiger partial charge in [-0.15, -0.1) is 0 Å². The molecule has 1 aromatic rings. The van der Waals surface area contributed by atoms with Gasteiger partial charge in [0.1, 0.15) is 17.1 Å². The minimum Gasteiger partial charge on any atom is -0.444 e. The lowest BCUT2D eigenvalue weighted by atomic mass is 9.94. The Balaban J connectivity index is 2.98. The van der Waals surface area contributed by atoms with Gasteiger partial charge < -0.3 is 15.3 Å². The number of nitrogens with one attached hydrogen (secondary N) is 1. The molecule has 0 aliphatic carbocycles. The Morgan fingerprint density at radius 2 is 1.82 bits per heavy atom. The third-order valence-electron chi connectivity index (χ3n) is 2.88. The number of alkyl carbamates (subject to hydrolysis) is 1. The second-order valence-corrected chi connectivity index (χ2v) is 6.36. The Bertz CT molecular complexity index is 533. The largest absolute Gasteiger partial charge is 0.444 e. The topological polar surface area (TPSA) is 70.9 Å². The summed E-state index contributed by atoms with van der Waals surface area (Å²) >= 11 is 0. The van der Waals surface area contributed by atoms with Gasteiger partial charge in [0.25, 0.3) is 0 Å². The third-order valence-corrected chi connectivity index (χ3v) is 2.88.